The van der Waals surface area contributed by atoms with Gasteiger partial charge in [0.2, 0.25) is 0 Å². The van der Waals surface area contributed by atoms with E-state index in [0.29, 0.717) is 5.75 Å². The molecule has 3 aromatic rings. The van der Waals surface area contributed by atoms with Crippen molar-refractivity contribution in [1.82, 2.24) is 9.55 Å². The van der Waals surface area contributed by atoms with Gasteiger partial charge in [0.25, 0.3) is 0 Å². The van der Waals surface area contributed by atoms with Crippen molar-refractivity contribution in [3.8, 4) is 5.75 Å². The van der Waals surface area contributed by atoms with Gasteiger partial charge >= 0.3 is 5.97 Å². The number of ether oxygens (including phenoxy) is 1. The van der Waals surface area contributed by atoms with Crippen molar-refractivity contribution in [3.63, 3.8) is 0 Å². The minimum atomic E-state index is -0.395. The first kappa shape index (κ1) is 12.6. The number of imidazole rings is 1. The van der Waals surface area contributed by atoms with Crippen LogP contribution in [-0.4, -0.2) is 15.5 Å². The van der Waals surface area contributed by atoms with Crippen LogP contribution in [0.3, 0.4) is 0 Å². The Morgan fingerprint density at radius 2 is 2.30 bits per heavy atom. The van der Waals surface area contributed by atoms with Gasteiger partial charge in [-0.15, -0.1) is 11.3 Å². The molecular formula is C15H12N2O2S. The standard InChI is InChI=1S/C15H12N2O2S/c1-17-10-16-13-9-11(4-6-14(13)17)19-15(18)7-5-12-3-2-8-20-12/h2-10H,1H3. The summed E-state index contributed by atoms with van der Waals surface area (Å²) in [6.07, 6.45) is 4.90. The molecule has 0 aliphatic rings. The minimum Gasteiger partial charge on any atom is -0.423 e. The van der Waals surface area contributed by atoms with Crippen LogP contribution in [-0.2, 0) is 11.8 Å². The predicted octanol–water partition coefficient (Wildman–Crippen LogP) is 3.25. The van der Waals surface area contributed by atoms with Crippen LogP contribution in [0.1, 0.15) is 4.88 Å². The van der Waals surface area contributed by atoms with Gasteiger partial charge in [0.1, 0.15) is 5.75 Å². The number of rotatable bonds is 3. The van der Waals surface area contributed by atoms with Gasteiger partial charge < -0.3 is 9.30 Å². The van der Waals surface area contributed by atoms with Gasteiger partial charge in [0.15, 0.2) is 0 Å². The number of carbonyl (C=O) groups is 1. The monoisotopic (exact) mass is 284 g/mol. The van der Waals surface area contributed by atoms with Crippen LogP contribution in [0.25, 0.3) is 17.1 Å². The number of esters is 1. The maximum atomic E-state index is 11.7. The molecule has 0 aliphatic heterocycles. The number of hydrogen-bond acceptors (Lipinski definition) is 4. The topological polar surface area (TPSA) is 44.1 Å². The second-order valence-corrected chi connectivity index (χ2v) is 5.26. The van der Waals surface area contributed by atoms with E-state index in [4.69, 9.17) is 4.74 Å². The highest BCUT2D eigenvalue weighted by molar-refractivity contribution is 7.10. The summed E-state index contributed by atoms with van der Waals surface area (Å²) in [6, 6.07) is 9.28. The van der Waals surface area contributed by atoms with Crippen LogP contribution in [0.5, 0.6) is 5.75 Å². The highest BCUT2D eigenvalue weighted by Gasteiger charge is 2.04. The average molecular weight is 284 g/mol. The highest BCUT2D eigenvalue weighted by Crippen LogP contribution is 2.19. The van der Waals surface area contributed by atoms with Crippen molar-refractivity contribution in [1.29, 1.82) is 0 Å². The molecule has 0 unspecified atom stereocenters. The van der Waals surface area contributed by atoms with E-state index in [1.165, 1.54) is 6.08 Å². The maximum absolute atomic E-state index is 11.7. The molecular weight excluding hydrogens is 272 g/mol. The molecule has 3 rings (SSSR count). The fourth-order valence-corrected chi connectivity index (χ4v) is 2.48. The lowest BCUT2D eigenvalue weighted by molar-refractivity contribution is -0.128. The maximum Gasteiger partial charge on any atom is 0.336 e. The first-order valence-corrected chi connectivity index (χ1v) is 6.95. The van der Waals surface area contributed by atoms with Crippen molar-refractivity contribution < 1.29 is 9.53 Å². The molecule has 0 aliphatic carbocycles. The van der Waals surface area contributed by atoms with Gasteiger partial charge in [0, 0.05) is 24.1 Å². The number of thiophene rings is 1. The first-order chi connectivity index (χ1) is 9.72. The van der Waals surface area contributed by atoms with Crippen molar-refractivity contribution in [2.75, 3.05) is 0 Å². The summed E-state index contributed by atoms with van der Waals surface area (Å²) in [7, 11) is 1.92. The fraction of sp³-hybridized carbons (Fsp3) is 0.0667. The average Bonchev–Trinajstić information content (AvgIpc) is 3.07. The lowest BCUT2D eigenvalue weighted by Gasteiger charge is -2.01. The van der Waals surface area contributed by atoms with Gasteiger partial charge in [-0.2, -0.15) is 0 Å². The quantitative estimate of drug-likeness (QED) is 0.421. The van der Waals surface area contributed by atoms with Crippen LogP contribution >= 0.6 is 11.3 Å². The van der Waals surface area contributed by atoms with E-state index in [2.05, 4.69) is 4.98 Å². The third-order valence-electron chi connectivity index (χ3n) is 2.84. The summed E-state index contributed by atoms with van der Waals surface area (Å²) in [4.78, 5) is 17.0. The summed E-state index contributed by atoms with van der Waals surface area (Å²) in [5.74, 6) is 0.103. The molecule has 0 atom stereocenters. The number of carbonyl (C=O) groups excluding carboxylic acids is 1. The van der Waals surface area contributed by atoms with Crippen molar-refractivity contribution in [2.24, 2.45) is 7.05 Å². The van der Waals surface area contributed by atoms with Crippen molar-refractivity contribution in [2.45, 2.75) is 0 Å². The summed E-state index contributed by atoms with van der Waals surface area (Å²) >= 11 is 1.57. The molecule has 0 amide bonds. The second-order valence-electron chi connectivity index (χ2n) is 4.28. The molecule has 0 bridgehead atoms. The number of aryl methyl sites for hydroxylation is 1. The molecule has 0 N–H and O–H groups in total. The second kappa shape index (κ2) is 5.30. The molecule has 1 aromatic carbocycles. The van der Waals surface area contributed by atoms with Crippen molar-refractivity contribution >= 4 is 34.4 Å². The van der Waals surface area contributed by atoms with Gasteiger partial charge in [-0.3, -0.25) is 0 Å². The Hall–Kier alpha value is -2.40. The highest BCUT2D eigenvalue weighted by atomic mass is 32.1. The lowest BCUT2D eigenvalue weighted by Crippen LogP contribution is -2.03. The summed E-state index contributed by atoms with van der Waals surface area (Å²) in [5.41, 5.74) is 1.80. The molecule has 4 nitrogen and oxygen atoms in total. The predicted molar refractivity (Wildman–Crippen MR) is 79.7 cm³/mol. The normalized spacial score (nSPS) is 11.2. The van der Waals surface area contributed by atoms with Crippen molar-refractivity contribution in [3.05, 3.63) is 53.0 Å². The SMILES string of the molecule is Cn1cnc2cc(OC(=O)C=Cc3cccs3)ccc21. The van der Waals surface area contributed by atoms with Crippen LogP contribution < -0.4 is 4.74 Å². The minimum absolute atomic E-state index is 0.395. The summed E-state index contributed by atoms with van der Waals surface area (Å²) in [6.45, 7) is 0. The Labute approximate surface area is 119 Å². The molecule has 0 saturated heterocycles. The lowest BCUT2D eigenvalue weighted by atomic mass is 10.3. The van der Waals surface area contributed by atoms with Crippen LogP contribution in [0.15, 0.2) is 48.1 Å². The third-order valence-corrected chi connectivity index (χ3v) is 3.68. The Kier molecular flexibility index (Phi) is 3.35. The summed E-state index contributed by atoms with van der Waals surface area (Å²) in [5, 5.41) is 1.96. The molecule has 0 radical (unpaired) electrons. The molecule has 2 heterocycles. The number of hydrogen-bond donors (Lipinski definition) is 0. The zero-order valence-corrected chi connectivity index (χ0v) is 11.6. The Morgan fingerprint density at radius 3 is 3.10 bits per heavy atom. The van der Waals surface area contributed by atoms with E-state index >= 15 is 0 Å². The molecule has 2 aromatic heterocycles. The van der Waals surface area contributed by atoms with Gasteiger partial charge in [0.05, 0.1) is 17.4 Å². The smallest absolute Gasteiger partial charge is 0.336 e. The zero-order chi connectivity index (χ0) is 13.9. The van der Waals surface area contributed by atoms with E-state index in [-0.39, 0.29) is 0 Å². The summed E-state index contributed by atoms with van der Waals surface area (Å²) < 4.78 is 7.17. The Balaban J connectivity index is 1.74. The fourth-order valence-electron chi connectivity index (χ4n) is 1.87. The molecule has 0 spiro atoms. The Bertz CT molecular complexity index is 772. The zero-order valence-electron chi connectivity index (χ0n) is 10.8. The van der Waals surface area contributed by atoms with E-state index in [1.807, 2.05) is 35.2 Å². The third kappa shape index (κ3) is 2.62. The Morgan fingerprint density at radius 1 is 1.40 bits per heavy atom. The molecule has 5 heteroatoms. The number of aromatic nitrogens is 2. The molecule has 0 saturated carbocycles. The van der Waals surface area contributed by atoms with E-state index in [9.17, 15) is 4.79 Å². The van der Waals surface area contributed by atoms with E-state index in [1.54, 1.807) is 35.9 Å². The van der Waals surface area contributed by atoms with Gasteiger partial charge in [-0.05, 0) is 29.7 Å². The molecule has 20 heavy (non-hydrogen) atoms. The van der Waals surface area contributed by atoms with Crippen LogP contribution in [0, 0.1) is 0 Å². The van der Waals surface area contributed by atoms with Gasteiger partial charge in [-0.1, -0.05) is 6.07 Å². The number of fused-ring (bicyclic) bond motifs is 1. The van der Waals surface area contributed by atoms with Crippen LogP contribution in [0.2, 0.25) is 0 Å². The van der Waals surface area contributed by atoms with E-state index < -0.39 is 5.97 Å². The van der Waals surface area contributed by atoms with Gasteiger partial charge in [-0.25, -0.2) is 9.78 Å². The number of nitrogens with zero attached hydrogens (tertiary/aromatic N) is 2. The first-order valence-electron chi connectivity index (χ1n) is 6.07. The molecule has 100 valence electrons. The molecule has 0 fully saturated rings. The largest absolute Gasteiger partial charge is 0.423 e. The van der Waals surface area contributed by atoms with Crippen LogP contribution in [0.4, 0.5) is 0 Å². The van der Waals surface area contributed by atoms with E-state index in [0.717, 1.165) is 15.9 Å². The number of benzene rings is 1.